The van der Waals surface area contributed by atoms with Gasteiger partial charge in [-0.2, -0.15) is 0 Å². The molecule has 2 fully saturated rings. The highest BCUT2D eigenvalue weighted by Crippen LogP contribution is 2.38. The van der Waals surface area contributed by atoms with Crippen molar-refractivity contribution < 1.29 is 13.2 Å². The Bertz CT molecular complexity index is 1130. The Morgan fingerprint density at radius 2 is 1.97 bits per heavy atom. The monoisotopic (exact) mass is 443 g/mol. The Morgan fingerprint density at radius 1 is 1.10 bits per heavy atom. The Kier molecular flexibility index (Phi) is 5.58. The number of thiazole rings is 1. The van der Waals surface area contributed by atoms with Crippen molar-refractivity contribution in [1.29, 1.82) is 0 Å². The molecule has 2 aliphatic rings. The number of sulfone groups is 1. The van der Waals surface area contributed by atoms with Crippen LogP contribution < -0.4 is 0 Å². The summed E-state index contributed by atoms with van der Waals surface area (Å²) in [7, 11) is -3.43. The molecule has 4 heterocycles. The molecule has 1 unspecified atom stereocenters. The Labute approximate surface area is 180 Å². The van der Waals surface area contributed by atoms with Crippen LogP contribution >= 0.6 is 11.3 Å². The maximum absolute atomic E-state index is 12.9. The van der Waals surface area contributed by atoms with E-state index in [2.05, 4.69) is 9.88 Å². The summed E-state index contributed by atoms with van der Waals surface area (Å²) < 4.78 is 31.3. The van der Waals surface area contributed by atoms with Crippen molar-refractivity contribution in [2.24, 2.45) is 0 Å². The highest BCUT2D eigenvalue weighted by atomic mass is 32.2. The topological polar surface area (TPSA) is 72.4 Å². The van der Waals surface area contributed by atoms with E-state index in [-0.39, 0.29) is 11.8 Å². The van der Waals surface area contributed by atoms with Crippen molar-refractivity contribution >= 4 is 31.9 Å². The van der Waals surface area contributed by atoms with Crippen LogP contribution in [0.5, 0.6) is 0 Å². The van der Waals surface area contributed by atoms with E-state index in [0.717, 1.165) is 55.5 Å². The minimum atomic E-state index is -3.43. The quantitative estimate of drug-likeness (QED) is 0.594. The first-order valence-corrected chi connectivity index (χ1v) is 13.0. The van der Waals surface area contributed by atoms with E-state index in [4.69, 9.17) is 9.72 Å². The molecule has 0 radical (unpaired) electrons. The van der Waals surface area contributed by atoms with Crippen LogP contribution in [0.3, 0.4) is 0 Å². The molecular formula is C22H25N3O3S2. The highest BCUT2D eigenvalue weighted by Gasteiger charge is 2.34. The zero-order valence-electron chi connectivity index (χ0n) is 16.7. The van der Waals surface area contributed by atoms with Crippen LogP contribution in [-0.2, 0) is 20.3 Å². The molecule has 8 heteroatoms. The zero-order chi connectivity index (χ0) is 20.6. The van der Waals surface area contributed by atoms with Gasteiger partial charge in [-0.3, -0.25) is 9.88 Å². The maximum atomic E-state index is 12.9. The molecule has 1 atom stereocenters. The summed E-state index contributed by atoms with van der Waals surface area (Å²) in [5, 5.41) is 4.40. The van der Waals surface area contributed by atoms with Gasteiger partial charge in [-0.1, -0.05) is 6.07 Å². The molecule has 0 bridgehead atoms. The number of fused-ring (bicyclic) bond motifs is 1. The molecule has 0 spiro atoms. The summed E-state index contributed by atoms with van der Waals surface area (Å²) in [6, 6.07) is 8.19. The van der Waals surface area contributed by atoms with Gasteiger partial charge in [-0.05, 0) is 55.8 Å². The van der Waals surface area contributed by atoms with Crippen LogP contribution in [-0.4, -0.2) is 49.1 Å². The van der Waals surface area contributed by atoms with E-state index < -0.39 is 9.84 Å². The van der Waals surface area contributed by atoms with Gasteiger partial charge in [0.05, 0.1) is 16.6 Å². The highest BCUT2D eigenvalue weighted by molar-refractivity contribution is 7.90. The van der Waals surface area contributed by atoms with E-state index in [1.54, 1.807) is 23.7 Å². The van der Waals surface area contributed by atoms with Crippen LogP contribution in [0.4, 0.5) is 0 Å². The number of aromatic nitrogens is 2. The van der Waals surface area contributed by atoms with Gasteiger partial charge in [0.2, 0.25) is 0 Å². The van der Waals surface area contributed by atoms with Gasteiger partial charge in [0.1, 0.15) is 10.8 Å². The molecule has 3 aromatic rings. The first-order valence-electron chi connectivity index (χ1n) is 10.4. The van der Waals surface area contributed by atoms with Crippen molar-refractivity contribution in [1.82, 2.24) is 14.9 Å². The summed E-state index contributed by atoms with van der Waals surface area (Å²) in [6.45, 7) is 2.75. The lowest BCUT2D eigenvalue weighted by Crippen LogP contribution is -2.39. The molecule has 2 saturated heterocycles. The smallest absolute Gasteiger partial charge is 0.184 e. The second-order valence-electron chi connectivity index (χ2n) is 8.00. The molecule has 6 nitrogen and oxygen atoms in total. The Balaban J connectivity index is 1.47. The average Bonchev–Trinajstić information content (AvgIpc) is 3.45. The number of hydrogen-bond donors (Lipinski definition) is 0. The summed E-state index contributed by atoms with van der Waals surface area (Å²) in [4.78, 5) is 11.8. The number of rotatable bonds is 5. The van der Waals surface area contributed by atoms with Gasteiger partial charge < -0.3 is 4.74 Å². The third-order valence-corrected chi connectivity index (χ3v) is 8.78. The number of ether oxygens (including phenoxy) is 1. The minimum absolute atomic E-state index is 0.0612. The second kappa shape index (κ2) is 8.34. The van der Waals surface area contributed by atoms with Crippen molar-refractivity contribution in [2.45, 2.75) is 48.4 Å². The third-order valence-electron chi connectivity index (χ3n) is 6.19. The first-order chi connectivity index (χ1) is 14.6. The van der Waals surface area contributed by atoms with Crippen LogP contribution in [0.25, 0.3) is 10.8 Å². The molecule has 158 valence electrons. The van der Waals surface area contributed by atoms with Gasteiger partial charge in [0.25, 0.3) is 0 Å². The largest absolute Gasteiger partial charge is 0.381 e. The summed E-state index contributed by atoms with van der Waals surface area (Å²) in [5.41, 5.74) is 1.07. The summed E-state index contributed by atoms with van der Waals surface area (Å²) in [5.74, 6) is -0.0612. The fraction of sp³-hybridized carbons (Fsp3) is 0.455. The van der Waals surface area contributed by atoms with Crippen molar-refractivity contribution in [3.63, 3.8) is 0 Å². The minimum Gasteiger partial charge on any atom is -0.381 e. The van der Waals surface area contributed by atoms with Crippen LogP contribution in [0, 0.1) is 0 Å². The lowest BCUT2D eigenvalue weighted by molar-refractivity contribution is 0.0287. The Hall–Kier alpha value is -1.87. The molecular weight excluding hydrogens is 418 g/mol. The fourth-order valence-corrected chi connectivity index (χ4v) is 7.03. The lowest BCUT2D eigenvalue weighted by atomic mass is 10.0. The SMILES string of the molecule is O=S(=O)(Cc1nccs1)c1ccc2c(C3CCCN3C3CCOCC3)nccc2c1. The fourth-order valence-electron chi connectivity index (χ4n) is 4.75. The van der Waals surface area contributed by atoms with E-state index in [1.807, 2.05) is 18.3 Å². The number of benzene rings is 1. The molecule has 0 amide bonds. The van der Waals surface area contributed by atoms with E-state index in [9.17, 15) is 8.42 Å². The van der Waals surface area contributed by atoms with Crippen LogP contribution in [0.15, 0.2) is 46.9 Å². The predicted octanol–water partition coefficient (Wildman–Crippen LogP) is 3.98. The summed E-state index contributed by atoms with van der Waals surface area (Å²) >= 11 is 1.37. The molecule has 0 aliphatic carbocycles. The zero-order valence-corrected chi connectivity index (χ0v) is 18.4. The standard InChI is InChI=1S/C22H25N3O3S2/c26-30(27,15-21-23-9-13-29-21)18-3-4-19-16(14-18)5-8-24-22(19)20-2-1-10-25(20)17-6-11-28-12-7-17/h3-5,8-9,13-14,17,20H,1-2,6-7,10-12,15H2. The van der Waals surface area contributed by atoms with Gasteiger partial charge in [0, 0.05) is 42.4 Å². The number of likely N-dealkylation sites (tertiary alicyclic amines) is 1. The van der Waals surface area contributed by atoms with Crippen LogP contribution in [0.1, 0.15) is 42.4 Å². The molecule has 2 aromatic heterocycles. The molecule has 5 rings (SSSR count). The number of nitrogens with zero attached hydrogens (tertiary/aromatic N) is 3. The molecule has 0 N–H and O–H groups in total. The van der Waals surface area contributed by atoms with Crippen molar-refractivity contribution in [3.8, 4) is 0 Å². The van der Waals surface area contributed by atoms with Gasteiger partial charge in [-0.15, -0.1) is 11.3 Å². The Morgan fingerprint density at radius 3 is 2.77 bits per heavy atom. The van der Waals surface area contributed by atoms with Gasteiger partial charge in [0.15, 0.2) is 9.84 Å². The van der Waals surface area contributed by atoms with Gasteiger partial charge in [-0.25, -0.2) is 13.4 Å². The predicted molar refractivity (Wildman–Crippen MR) is 117 cm³/mol. The normalized spacial score (nSPS) is 21.4. The van der Waals surface area contributed by atoms with Gasteiger partial charge >= 0.3 is 0 Å². The summed E-state index contributed by atoms with van der Waals surface area (Å²) in [6.07, 6.45) is 7.85. The second-order valence-corrected chi connectivity index (χ2v) is 11.0. The first kappa shape index (κ1) is 20.1. The number of hydrogen-bond acceptors (Lipinski definition) is 7. The van der Waals surface area contributed by atoms with Crippen molar-refractivity contribution in [3.05, 3.63) is 52.7 Å². The lowest BCUT2D eigenvalue weighted by Gasteiger charge is -2.35. The number of pyridine rings is 1. The maximum Gasteiger partial charge on any atom is 0.184 e. The van der Waals surface area contributed by atoms with E-state index >= 15 is 0 Å². The molecule has 2 aliphatic heterocycles. The van der Waals surface area contributed by atoms with Crippen LogP contribution in [0.2, 0.25) is 0 Å². The third kappa shape index (κ3) is 3.89. The molecule has 0 saturated carbocycles. The van der Waals surface area contributed by atoms with E-state index in [0.29, 0.717) is 15.9 Å². The average molecular weight is 444 g/mol. The molecule has 1 aromatic carbocycles. The van der Waals surface area contributed by atoms with E-state index in [1.165, 1.54) is 17.8 Å². The molecule has 30 heavy (non-hydrogen) atoms. The van der Waals surface area contributed by atoms with Crippen molar-refractivity contribution in [2.75, 3.05) is 19.8 Å².